The third-order valence-electron chi connectivity index (χ3n) is 3.66. The van der Waals surface area contributed by atoms with Gasteiger partial charge in [-0.3, -0.25) is 9.59 Å². The third-order valence-corrected chi connectivity index (χ3v) is 4.75. The van der Waals surface area contributed by atoms with Crippen LogP contribution in [0.15, 0.2) is 12.1 Å². The van der Waals surface area contributed by atoms with Crippen LogP contribution in [0.3, 0.4) is 0 Å². The molecule has 4 N–H and O–H groups in total. The zero-order valence-electron chi connectivity index (χ0n) is 11.2. The molecular formula is C13H19N3O2S. The molecule has 0 aromatic carbocycles. The van der Waals surface area contributed by atoms with Crippen LogP contribution in [0.2, 0.25) is 0 Å². The maximum atomic E-state index is 12.4. The predicted molar refractivity (Wildman–Crippen MR) is 75.1 cm³/mol. The Hall–Kier alpha value is -1.40. The molecular weight excluding hydrogens is 262 g/mol. The first-order chi connectivity index (χ1) is 8.81. The zero-order valence-corrected chi connectivity index (χ0v) is 12.0. The van der Waals surface area contributed by atoms with Gasteiger partial charge in [-0.2, -0.15) is 0 Å². The lowest BCUT2D eigenvalue weighted by Crippen LogP contribution is -2.53. The largest absolute Gasteiger partial charge is 0.365 e. The van der Waals surface area contributed by atoms with Crippen LogP contribution in [0.1, 0.15) is 39.6 Å². The van der Waals surface area contributed by atoms with E-state index in [2.05, 4.69) is 13.8 Å². The van der Waals surface area contributed by atoms with Gasteiger partial charge in [-0.25, -0.2) is 0 Å². The summed E-state index contributed by atoms with van der Waals surface area (Å²) in [7, 11) is 0. The molecule has 0 aliphatic carbocycles. The Kier molecular flexibility index (Phi) is 3.64. The topological polar surface area (TPSA) is 89.4 Å². The van der Waals surface area contributed by atoms with Crippen molar-refractivity contribution in [1.82, 2.24) is 4.90 Å². The smallest absolute Gasteiger partial charge is 0.263 e. The molecule has 104 valence electrons. The third kappa shape index (κ3) is 2.79. The summed E-state index contributed by atoms with van der Waals surface area (Å²) < 4.78 is 0. The van der Waals surface area contributed by atoms with E-state index in [1.165, 1.54) is 0 Å². The van der Waals surface area contributed by atoms with Crippen molar-refractivity contribution < 1.29 is 9.59 Å². The highest BCUT2D eigenvalue weighted by molar-refractivity contribution is 7.15. The number of piperidine rings is 1. The number of amides is 2. The molecule has 2 rings (SSSR count). The van der Waals surface area contributed by atoms with E-state index in [0.29, 0.717) is 22.8 Å². The van der Waals surface area contributed by atoms with Gasteiger partial charge < -0.3 is 16.4 Å². The minimum Gasteiger partial charge on any atom is -0.365 e. The lowest BCUT2D eigenvalue weighted by Gasteiger charge is -2.42. The predicted octanol–water partition coefficient (Wildman–Crippen LogP) is 1.05. The number of likely N-dealkylation sites (tertiary alicyclic amines) is 1. The summed E-state index contributed by atoms with van der Waals surface area (Å²) in [4.78, 5) is 26.2. The number of carbonyl (C=O) groups excluding carboxylic acids is 2. The number of nitrogens with two attached hydrogens (primary N) is 2. The highest BCUT2D eigenvalue weighted by atomic mass is 32.1. The molecule has 1 aromatic heterocycles. The molecule has 0 radical (unpaired) electrons. The second-order valence-corrected chi connectivity index (χ2v) is 6.72. The Morgan fingerprint density at radius 2 is 2.00 bits per heavy atom. The van der Waals surface area contributed by atoms with Gasteiger partial charge in [-0.1, -0.05) is 13.8 Å². The average Bonchev–Trinajstić information content (AvgIpc) is 2.81. The normalized spacial score (nSPS) is 22.3. The SMILES string of the molecule is CC1(C)CN(C(=O)c2ccc(C(N)=O)s2)CCC1N. The first kappa shape index (κ1) is 14.0. The fraction of sp³-hybridized carbons (Fsp3) is 0.538. The van der Waals surface area contributed by atoms with E-state index in [-0.39, 0.29) is 17.4 Å². The van der Waals surface area contributed by atoms with E-state index in [4.69, 9.17) is 11.5 Å². The van der Waals surface area contributed by atoms with Crippen LogP contribution >= 0.6 is 11.3 Å². The Morgan fingerprint density at radius 3 is 2.53 bits per heavy atom. The van der Waals surface area contributed by atoms with Crippen LogP contribution in [0, 0.1) is 5.41 Å². The molecule has 1 saturated heterocycles. The quantitative estimate of drug-likeness (QED) is 0.849. The summed E-state index contributed by atoms with van der Waals surface area (Å²) in [5.74, 6) is -0.539. The standard InChI is InChI=1S/C13H19N3O2S/c1-13(2)7-16(6-5-10(13)14)12(18)9-4-3-8(19-9)11(15)17/h3-4,10H,5-7,14H2,1-2H3,(H2,15,17). The molecule has 2 heterocycles. The number of thiophene rings is 1. The summed E-state index contributed by atoms with van der Waals surface area (Å²) in [6.45, 7) is 5.44. The van der Waals surface area contributed by atoms with Gasteiger partial charge in [0.2, 0.25) is 0 Å². The Morgan fingerprint density at radius 1 is 1.37 bits per heavy atom. The molecule has 1 aromatic rings. The van der Waals surface area contributed by atoms with Crippen molar-refractivity contribution >= 4 is 23.2 Å². The summed E-state index contributed by atoms with van der Waals surface area (Å²) >= 11 is 1.15. The lowest BCUT2D eigenvalue weighted by molar-refractivity contribution is 0.0537. The number of primary amides is 1. The van der Waals surface area contributed by atoms with E-state index in [0.717, 1.165) is 17.8 Å². The van der Waals surface area contributed by atoms with E-state index >= 15 is 0 Å². The maximum absolute atomic E-state index is 12.4. The number of carbonyl (C=O) groups is 2. The van der Waals surface area contributed by atoms with Gasteiger partial charge >= 0.3 is 0 Å². The van der Waals surface area contributed by atoms with Crippen LogP contribution < -0.4 is 11.5 Å². The Labute approximate surface area is 116 Å². The van der Waals surface area contributed by atoms with Gasteiger partial charge in [-0.15, -0.1) is 11.3 Å². The van der Waals surface area contributed by atoms with Gasteiger partial charge in [0.15, 0.2) is 0 Å². The number of rotatable bonds is 2. The van der Waals surface area contributed by atoms with Crippen LogP contribution in [-0.2, 0) is 0 Å². The van der Waals surface area contributed by atoms with Crippen molar-refractivity contribution in [2.75, 3.05) is 13.1 Å². The van der Waals surface area contributed by atoms with Gasteiger partial charge in [0.25, 0.3) is 11.8 Å². The molecule has 1 aliphatic rings. The molecule has 5 nitrogen and oxygen atoms in total. The van der Waals surface area contributed by atoms with Crippen molar-refractivity contribution in [3.05, 3.63) is 21.9 Å². The molecule has 0 bridgehead atoms. The number of nitrogens with zero attached hydrogens (tertiary/aromatic N) is 1. The van der Waals surface area contributed by atoms with Crippen molar-refractivity contribution in [2.24, 2.45) is 16.9 Å². The Bertz CT molecular complexity index is 510. The molecule has 19 heavy (non-hydrogen) atoms. The number of hydrogen-bond acceptors (Lipinski definition) is 4. The van der Waals surface area contributed by atoms with Gasteiger partial charge in [0.1, 0.15) is 0 Å². The van der Waals surface area contributed by atoms with E-state index < -0.39 is 5.91 Å². The summed E-state index contributed by atoms with van der Waals surface area (Å²) in [5, 5.41) is 0. The minimum atomic E-state index is -0.495. The monoisotopic (exact) mass is 281 g/mol. The molecule has 1 aliphatic heterocycles. The summed E-state index contributed by atoms with van der Waals surface area (Å²) in [5.41, 5.74) is 11.2. The molecule has 2 amide bonds. The van der Waals surface area contributed by atoms with Gasteiger partial charge in [0, 0.05) is 19.1 Å². The first-order valence-electron chi connectivity index (χ1n) is 6.26. The average molecular weight is 281 g/mol. The highest BCUT2D eigenvalue weighted by Gasteiger charge is 2.35. The van der Waals surface area contributed by atoms with Gasteiger partial charge in [0.05, 0.1) is 9.75 Å². The lowest BCUT2D eigenvalue weighted by atomic mass is 9.79. The fourth-order valence-corrected chi connectivity index (χ4v) is 3.11. The van der Waals surface area contributed by atoms with Crippen LogP contribution in [0.5, 0.6) is 0 Å². The van der Waals surface area contributed by atoms with E-state index in [1.807, 2.05) is 0 Å². The minimum absolute atomic E-state index is 0.0440. The fourth-order valence-electron chi connectivity index (χ4n) is 2.29. The summed E-state index contributed by atoms with van der Waals surface area (Å²) in [6.07, 6.45) is 0.798. The Balaban J connectivity index is 2.13. The van der Waals surface area contributed by atoms with E-state index in [1.54, 1.807) is 17.0 Å². The second kappa shape index (κ2) is 4.94. The van der Waals surface area contributed by atoms with Crippen molar-refractivity contribution in [2.45, 2.75) is 26.3 Å². The van der Waals surface area contributed by atoms with E-state index in [9.17, 15) is 9.59 Å². The van der Waals surface area contributed by atoms with Crippen molar-refractivity contribution in [1.29, 1.82) is 0 Å². The van der Waals surface area contributed by atoms with Crippen LogP contribution in [0.25, 0.3) is 0 Å². The number of hydrogen-bond donors (Lipinski definition) is 2. The molecule has 0 saturated carbocycles. The van der Waals surface area contributed by atoms with Crippen LogP contribution in [0.4, 0.5) is 0 Å². The van der Waals surface area contributed by atoms with Crippen molar-refractivity contribution in [3.8, 4) is 0 Å². The highest BCUT2D eigenvalue weighted by Crippen LogP contribution is 2.29. The molecule has 6 heteroatoms. The first-order valence-corrected chi connectivity index (χ1v) is 7.07. The second-order valence-electron chi connectivity index (χ2n) is 5.64. The van der Waals surface area contributed by atoms with Crippen molar-refractivity contribution in [3.63, 3.8) is 0 Å². The molecule has 1 atom stereocenters. The van der Waals surface area contributed by atoms with Crippen LogP contribution in [-0.4, -0.2) is 35.8 Å². The molecule has 1 fully saturated rings. The maximum Gasteiger partial charge on any atom is 0.263 e. The molecule has 1 unspecified atom stereocenters. The zero-order chi connectivity index (χ0) is 14.2. The summed E-state index contributed by atoms with van der Waals surface area (Å²) in [6, 6.07) is 3.37. The molecule has 0 spiro atoms. The van der Waals surface area contributed by atoms with Gasteiger partial charge in [-0.05, 0) is 24.0 Å².